The van der Waals surface area contributed by atoms with Gasteiger partial charge in [0.05, 0.1) is 11.4 Å². The van der Waals surface area contributed by atoms with Crippen molar-refractivity contribution in [2.75, 3.05) is 39.8 Å². The van der Waals surface area contributed by atoms with E-state index in [1.807, 2.05) is 30.3 Å². The summed E-state index contributed by atoms with van der Waals surface area (Å²) in [7, 11) is -2.57. The van der Waals surface area contributed by atoms with Crippen LogP contribution in [0.4, 0.5) is 4.39 Å². The van der Waals surface area contributed by atoms with E-state index in [0.717, 1.165) is 29.3 Å². The van der Waals surface area contributed by atoms with Crippen LogP contribution in [0, 0.1) is 5.82 Å². The van der Waals surface area contributed by atoms with Crippen molar-refractivity contribution in [3.63, 3.8) is 0 Å². The minimum Gasteiger partial charge on any atom is -0.339 e. The smallest absolute Gasteiger partial charge is 0.243 e. The van der Waals surface area contributed by atoms with Crippen molar-refractivity contribution in [3.05, 3.63) is 66.0 Å². The fourth-order valence-corrected chi connectivity index (χ4v) is 4.73. The van der Waals surface area contributed by atoms with Gasteiger partial charge in [-0.3, -0.25) is 9.59 Å². The third-order valence-electron chi connectivity index (χ3n) is 5.56. The Bertz CT molecular complexity index is 1020. The van der Waals surface area contributed by atoms with Crippen LogP contribution in [-0.4, -0.2) is 74.1 Å². The molecular formula is C23H28FN3O4S. The molecule has 0 unspecified atom stereocenters. The number of piperazine rings is 1. The van der Waals surface area contributed by atoms with E-state index in [2.05, 4.69) is 0 Å². The fourth-order valence-electron chi connectivity index (χ4n) is 3.61. The predicted molar refractivity (Wildman–Crippen MR) is 119 cm³/mol. The summed E-state index contributed by atoms with van der Waals surface area (Å²) in [6.45, 7) is 1.29. The molecule has 0 saturated carbocycles. The molecule has 7 nitrogen and oxygen atoms in total. The average molecular weight is 462 g/mol. The highest BCUT2D eigenvalue weighted by Gasteiger charge is 2.28. The molecule has 0 spiro atoms. The van der Waals surface area contributed by atoms with Crippen LogP contribution in [0.3, 0.4) is 0 Å². The van der Waals surface area contributed by atoms with Gasteiger partial charge in [-0.2, -0.15) is 4.31 Å². The summed E-state index contributed by atoms with van der Waals surface area (Å²) in [6, 6.07) is 14.5. The van der Waals surface area contributed by atoms with Gasteiger partial charge < -0.3 is 9.80 Å². The lowest BCUT2D eigenvalue weighted by Crippen LogP contribution is -2.52. The Kier molecular flexibility index (Phi) is 7.98. The number of sulfonamides is 1. The third kappa shape index (κ3) is 6.14. The van der Waals surface area contributed by atoms with Gasteiger partial charge in [-0.05, 0) is 42.7 Å². The molecule has 1 saturated heterocycles. The highest BCUT2D eigenvalue weighted by molar-refractivity contribution is 7.89. The Labute approximate surface area is 188 Å². The molecule has 0 radical (unpaired) electrons. The summed E-state index contributed by atoms with van der Waals surface area (Å²) in [6.07, 6.45) is 2.08. The number of likely N-dealkylation sites (N-methyl/N-ethyl adjacent to an activating group) is 1. The van der Waals surface area contributed by atoms with Crippen LogP contribution < -0.4 is 0 Å². The number of aryl methyl sites for hydroxylation is 1. The van der Waals surface area contributed by atoms with Gasteiger partial charge in [-0.15, -0.1) is 0 Å². The first-order valence-corrected chi connectivity index (χ1v) is 12.0. The fraction of sp³-hybridized carbons (Fsp3) is 0.391. The summed E-state index contributed by atoms with van der Waals surface area (Å²) in [4.78, 5) is 28.3. The summed E-state index contributed by atoms with van der Waals surface area (Å²) in [5.41, 5.74) is 1.20. The molecule has 9 heteroatoms. The summed E-state index contributed by atoms with van der Waals surface area (Å²) in [5, 5.41) is 0. The molecule has 1 aliphatic rings. The number of carbonyl (C=O) groups is 2. The summed E-state index contributed by atoms with van der Waals surface area (Å²) >= 11 is 0. The van der Waals surface area contributed by atoms with Crippen molar-refractivity contribution >= 4 is 21.8 Å². The molecule has 1 fully saturated rings. The standard InChI is InChI=1S/C23H28FN3O4S/c1-25(32(30,31)21-12-10-20(24)11-13-21)18-23(29)27-16-14-26(15-17-27)22(28)9-5-8-19-6-3-2-4-7-19/h2-4,6-7,10-13H,5,8-9,14-18H2,1H3. The molecule has 0 aliphatic carbocycles. The molecular weight excluding hydrogens is 433 g/mol. The van der Waals surface area contributed by atoms with E-state index in [0.29, 0.717) is 32.6 Å². The molecule has 32 heavy (non-hydrogen) atoms. The Morgan fingerprint density at radius 1 is 0.906 bits per heavy atom. The van der Waals surface area contributed by atoms with Crippen molar-refractivity contribution in [2.24, 2.45) is 0 Å². The Morgan fingerprint density at radius 3 is 2.06 bits per heavy atom. The van der Waals surface area contributed by atoms with Gasteiger partial charge in [0.25, 0.3) is 0 Å². The molecule has 0 atom stereocenters. The topological polar surface area (TPSA) is 78.0 Å². The first kappa shape index (κ1) is 23.9. The quantitative estimate of drug-likeness (QED) is 0.604. The Morgan fingerprint density at radius 2 is 1.47 bits per heavy atom. The number of rotatable bonds is 8. The lowest BCUT2D eigenvalue weighted by atomic mass is 10.1. The maximum absolute atomic E-state index is 13.1. The number of benzene rings is 2. The van der Waals surface area contributed by atoms with E-state index < -0.39 is 15.8 Å². The number of amides is 2. The van der Waals surface area contributed by atoms with E-state index in [1.165, 1.54) is 24.7 Å². The molecule has 1 heterocycles. The van der Waals surface area contributed by atoms with E-state index in [4.69, 9.17) is 0 Å². The highest BCUT2D eigenvalue weighted by atomic mass is 32.2. The van der Waals surface area contributed by atoms with E-state index in [-0.39, 0.29) is 23.3 Å². The third-order valence-corrected chi connectivity index (χ3v) is 7.38. The SMILES string of the molecule is CN(CC(=O)N1CCN(C(=O)CCCc2ccccc2)CC1)S(=O)(=O)c1ccc(F)cc1. The first-order valence-electron chi connectivity index (χ1n) is 10.6. The molecule has 0 bridgehead atoms. The minimum absolute atomic E-state index is 0.0693. The maximum Gasteiger partial charge on any atom is 0.243 e. The molecule has 1 aliphatic heterocycles. The molecule has 2 amide bonds. The van der Waals surface area contributed by atoms with Gasteiger partial charge in [0.1, 0.15) is 5.82 Å². The Hall–Kier alpha value is -2.78. The van der Waals surface area contributed by atoms with Crippen LogP contribution in [0.25, 0.3) is 0 Å². The molecule has 3 rings (SSSR count). The van der Waals surface area contributed by atoms with E-state index in [1.54, 1.807) is 9.80 Å². The molecule has 0 aromatic heterocycles. The van der Waals surface area contributed by atoms with E-state index in [9.17, 15) is 22.4 Å². The number of hydrogen-bond donors (Lipinski definition) is 0. The van der Waals surface area contributed by atoms with Gasteiger partial charge in [-0.1, -0.05) is 30.3 Å². The van der Waals surface area contributed by atoms with E-state index >= 15 is 0 Å². The zero-order valence-electron chi connectivity index (χ0n) is 18.1. The minimum atomic E-state index is -3.89. The Balaban J connectivity index is 1.44. The normalized spacial score (nSPS) is 14.6. The van der Waals surface area contributed by atoms with Crippen molar-refractivity contribution < 1.29 is 22.4 Å². The average Bonchev–Trinajstić information content (AvgIpc) is 2.80. The highest BCUT2D eigenvalue weighted by Crippen LogP contribution is 2.15. The number of nitrogens with zero attached hydrogens (tertiary/aromatic N) is 3. The second kappa shape index (κ2) is 10.7. The van der Waals surface area contributed by atoms with Crippen molar-refractivity contribution in [1.82, 2.24) is 14.1 Å². The summed E-state index contributed by atoms with van der Waals surface area (Å²) < 4.78 is 39.2. The lowest BCUT2D eigenvalue weighted by Gasteiger charge is -2.35. The monoisotopic (exact) mass is 461 g/mol. The predicted octanol–water partition coefficient (Wildman–Crippen LogP) is 2.14. The van der Waals surface area contributed by atoms with Gasteiger partial charge >= 0.3 is 0 Å². The van der Waals surface area contributed by atoms with Crippen molar-refractivity contribution in [1.29, 1.82) is 0 Å². The van der Waals surface area contributed by atoms with Crippen LogP contribution in [0.15, 0.2) is 59.5 Å². The lowest BCUT2D eigenvalue weighted by molar-refractivity contribution is -0.139. The largest absolute Gasteiger partial charge is 0.339 e. The van der Waals surface area contributed by atoms with Crippen LogP contribution in [0.2, 0.25) is 0 Å². The van der Waals surface area contributed by atoms with Crippen molar-refractivity contribution in [3.8, 4) is 0 Å². The maximum atomic E-state index is 13.1. The summed E-state index contributed by atoms with van der Waals surface area (Å²) in [5.74, 6) is -0.784. The van der Waals surface area contributed by atoms with Gasteiger partial charge in [-0.25, -0.2) is 12.8 Å². The number of carbonyl (C=O) groups excluding carboxylic acids is 2. The van der Waals surface area contributed by atoms with Crippen LogP contribution in [-0.2, 0) is 26.0 Å². The van der Waals surface area contributed by atoms with Gasteiger partial charge in [0.2, 0.25) is 21.8 Å². The zero-order valence-corrected chi connectivity index (χ0v) is 18.9. The molecule has 2 aromatic rings. The molecule has 2 aromatic carbocycles. The van der Waals surface area contributed by atoms with Crippen LogP contribution in [0.5, 0.6) is 0 Å². The van der Waals surface area contributed by atoms with Gasteiger partial charge in [0, 0.05) is 39.6 Å². The van der Waals surface area contributed by atoms with Crippen LogP contribution in [0.1, 0.15) is 18.4 Å². The van der Waals surface area contributed by atoms with Crippen LogP contribution >= 0.6 is 0 Å². The first-order chi connectivity index (χ1) is 15.3. The molecule has 0 N–H and O–H groups in total. The number of halogens is 1. The number of hydrogen-bond acceptors (Lipinski definition) is 4. The zero-order chi connectivity index (χ0) is 23.1. The second-order valence-corrected chi connectivity index (χ2v) is 9.86. The van der Waals surface area contributed by atoms with Crippen molar-refractivity contribution in [2.45, 2.75) is 24.2 Å². The van der Waals surface area contributed by atoms with Gasteiger partial charge in [0.15, 0.2) is 0 Å². The second-order valence-electron chi connectivity index (χ2n) is 7.82. The molecule has 172 valence electrons.